The van der Waals surface area contributed by atoms with Crippen LogP contribution in [-0.2, 0) is 9.53 Å². The van der Waals surface area contributed by atoms with Gasteiger partial charge in [-0.15, -0.1) is 0 Å². The molecule has 0 aliphatic carbocycles. The number of hydrogen-bond donors (Lipinski definition) is 1. The van der Waals surface area contributed by atoms with E-state index in [1.165, 1.54) is 7.11 Å². The number of carbonyl (C=O) groups excluding carboxylic acids is 1. The van der Waals surface area contributed by atoms with Crippen LogP contribution in [0.2, 0.25) is 0 Å². The topological polar surface area (TPSA) is 76.1 Å². The monoisotopic (exact) mass is 144 g/mol. The Hall–Kier alpha value is -1.08. The number of methoxy groups -OCH3 is 1. The summed E-state index contributed by atoms with van der Waals surface area (Å²) in [6, 6.07) is 0. The molecule has 0 saturated carbocycles. The van der Waals surface area contributed by atoms with Gasteiger partial charge in [0, 0.05) is 13.0 Å². The Kier molecular flexibility index (Phi) is 12.6. The molecule has 0 aliphatic heterocycles. The maximum absolute atomic E-state index is 10.3. The second-order valence-corrected chi connectivity index (χ2v) is 1.47. The highest BCUT2D eigenvalue weighted by molar-refractivity contribution is 5.68. The summed E-state index contributed by atoms with van der Waals surface area (Å²) >= 11 is 0. The van der Waals surface area contributed by atoms with E-state index in [1.54, 1.807) is 0 Å². The van der Waals surface area contributed by atoms with Crippen molar-refractivity contribution in [2.45, 2.75) is 12.8 Å². The maximum atomic E-state index is 10.3. The fourth-order valence-corrected chi connectivity index (χ4v) is 0.348. The van der Waals surface area contributed by atoms with Crippen molar-refractivity contribution in [1.29, 1.82) is 5.26 Å². The predicted molar refractivity (Wildman–Crippen MR) is 37.0 cm³/mol. The molecule has 0 aromatic carbocycles. The number of hydrogen-bond acceptors (Lipinski definition) is 4. The van der Waals surface area contributed by atoms with E-state index in [2.05, 4.69) is 11.3 Å². The molecule has 0 heterocycles. The molecule has 2 N–H and O–H groups in total. The van der Waals surface area contributed by atoms with Crippen molar-refractivity contribution in [2.75, 3.05) is 13.7 Å². The van der Waals surface area contributed by atoms with Gasteiger partial charge >= 0.3 is 5.97 Å². The molecule has 0 rings (SSSR count). The molecule has 0 atom stereocenters. The van der Waals surface area contributed by atoms with E-state index >= 15 is 0 Å². The average Bonchev–Trinajstić information content (AvgIpc) is 2.04. The van der Waals surface area contributed by atoms with Crippen LogP contribution >= 0.6 is 0 Å². The van der Waals surface area contributed by atoms with Crippen LogP contribution in [0.3, 0.4) is 0 Å². The summed E-state index contributed by atoms with van der Waals surface area (Å²) < 4.78 is 4.36. The first-order chi connectivity index (χ1) is 4.81. The Morgan fingerprint density at radius 2 is 2.20 bits per heavy atom. The second kappa shape index (κ2) is 10.8. The summed E-state index contributed by atoms with van der Waals surface area (Å²) in [6.07, 6.45) is 1.15. The molecule has 0 aliphatic rings. The van der Waals surface area contributed by atoms with Gasteiger partial charge in [-0.1, -0.05) is 0 Å². The van der Waals surface area contributed by atoms with Crippen LogP contribution in [0, 0.1) is 11.8 Å². The number of ether oxygens (including phenoxy) is 1. The summed E-state index contributed by atoms with van der Waals surface area (Å²) in [5.41, 5.74) is 5.12. The van der Waals surface area contributed by atoms with Crippen LogP contribution in [0.5, 0.6) is 0 Å². The molecule has 0 aromatic rings. The lowest BCUT2D eigenvalue weighted by Gasteiger charge is -1.93. The van der Waals surface area contributed by atoms with Crippen molar-refractivity contribution in [2.24, 2.45) is 5.73 Å². The van der Waals surface area contributed by atoms with Gasteiger partial charge in [0.15, 0.2) is 0 Å². The van der Waals surface area contributed by atoms with Crippen molar-refractivity contribution in [1.82, 2.24) is 0 Å². The van der Waals surface area contributed by atoms with Crippen molar-refractivity contribution >= 4 is 5.97 Å². The highest BCUT2D eigenvalue weighted by atomic mass is 16.5. The molecule has 0 aromatic heterocycles. The first-order valence-electron chi connectivity index (χ1n) is 2.84. The number of nitriles is 1. The quantitative estimate of drug-likeness (QED) is 0.567. The van der Waals surface area contributed by atoms with Crippen LogP contribution in [0.15, 0.2) is 0 Å². The molecule has 0 amide bonds. The Morgan fingerprint density at radius 3 is 2.50 bits per heavy atom. The van der Waals surface area contributed by atoms with Gasteiger partial charge in [-0.3, -0.25) is 4.79 Å². The van der Waals surface area contributed by atoms with Gasteiger partial charge in [-0.25, -0.2) is 5.26 Å². The molecule has 0 unspecified atom stereocenters. The van der Waals surface area contributed by atoms with E-state index in [0.29, 0.717) is 19.4 Å². The zero-order valence-corrected chi connectivity index (χ0v) is 6.04. The second-order valence-electron chi connectivity index (χ2n) is 1.47. The van der Waals surface area contributed by atoms with Crippen molar-refractivity contribution < 1.29 is 9.53 Å². The minimum Gasteiger partial charge on any atom is -0.469 e. The predicted octanol–water partition coefficient (Wildman–Crippen LogP) is 0.0381. The SMILES string of the molecule is C#N.COC(=O)CCCN. The summed E-state index contributed by atoms with van der Waals surface area (Å²) in [4.78, 5) is 10.3. The summed E-state index contributed by atoms with van der Waals surface area (Å²) in [5.74, 6) is -0.185. The van der Waals surface area contributed by atoms with Gasteiger partial charge < -0.3 is 10.5 Å². The van der Waals surface area contributed by atoms with Crippen LogP contribution < -0.4 is 5.73 Å². The molecule has 0 spiro atoms. The number of nitrogens with two attached hydrogens (primary N) is 1. The van der Waals surface area contributed by atoms with E-state index in [9.17, 15) is 4.79 Å². The molecule has 0 radical (unpaired) electrons. The van der Waals surface area contributed by atoms with Crippen LogP contribution in [0.4, 0.5) is 0 Å². The van der Waals surface area contributed by atoms with Crippen LogP contribution in [-0.4, -0.2) is 19.6 Å². The number of carbonyl (C=O) groups is 1. The van der Waals surface area contributed by atoms with E-state index in [0.717, 1.165) is 0 Å². The molecule has 10 heavy (non-hydrogen) atoms. The van der Waals surface area contributed by atoms with E-state index in [1.807, 2.05) is 0 Å². The van der Waals surface area contributed by atoms with E-state index in [4.69, 9.17) is 11.0 Å². The molecule has 0 saturated heterocycles. The average molecular weight is 144 g/mol. The first kappa shape index (κ1) is 11.7. The minimum atomic E-state index is -0.185. The largest absolute Gasteiger partial charge is 0.469 e. The van der Waals surface area contributed by atoms with Crippen molar-refractivity contribution in [3.8, 4) is 6.57 Å². The van der Waals surface area contributed by atoms with Gasteiger partial charge in [-0.2, -0.15) is 0 Å². The third-order valence-electron chi connectivity index (χ3n) is 0.813. The zero-order chi connectivity index (χ0) is 8.41. The molecule has 0 bridgehead atoms. The molecule has 4 heteroatoms. The Morgan fingerprint density at radius 1 is 1.70 bits per heavy atom. The smallest absolute Gasteiger partial charge is 0.305 e. The van der Waals surface area contributed by atoms with Gasteiger partial charge in [0.25, 0.3) is 0 Å². The van der Waals surface area contributed by atoms with Gasteiger partial charge in [0.2, 0.25) is 0 Å². The maximum Gasteiger partial charge on any atom is 0.305 e. The molecular weight excluding hydrogens is 132 g/mol. The Labute approximate surface area is 60.6 Å². The van der Waals surface area contributed by atoms with Crippen molar-refractivity contribution in [3.63, 3.8) is 0 Å². The highest BCUT2D eigenvalue weighted by Gasteiger charge is 1.95. The summed E-state index contributed by atoms with van der Waals surface area (Å²) in [7, 11) is 1.37. The number of esters is 1. The lowest BCUT2D eigenvalue weighted by atomic mass is 10.3. The first-order valence-corrected chi connectivity index (χ1v) is 2.84. The number of rotatable bonds is 3. The normalized spacial score (nSPS) is 7.20. The van der Waals surface area contributed by atoms with E-state index in [-0.39, 0.29) is 5.97 Å². The Bertz CT molecular complexity index is 101. The standard InChI is InChI=1S/C5H11NO2.CHN/c1-8-5(7)3-2-4-6;1-2/h2-4,6H2,1H3;1H. The third-order valence-corrected chi connectivity index (χ3v) is 0.813. The molecular formula is C6H12N2O2. The zero-order valence-electron chi connectivity index (χ0n) is 6.04. The molecule has 0 fully saturated rings. The van der Waals surface area contributed by atoms with Gasteiger partial charge in [-0.05, 0) is 13.0 Å². The lowest BCUT2D eigenvalue weighted by molar-refractivity contribution is -0.140. The number of nitrogens with zero attached hydrogens (tertiary/aromatic N) is 1. The Balaban J connectivity index is 0. The lowest BCUT2D eigenvalue weighted by Crippen LogP contribution is -2.05. The molecule has 4 nitrogen and oxygen atoms in total. The summed E-state index contributed by atoms with van der Waals surface area (Å²) in [6.45, 7) is 4.05. The van der Waals surface area contributed by atoms with E-state index < -0.39 is 0 Å². The highest BCUT2D eigenvalue weighted by Crippen LogP contribution is 1.86. The van der Waals surface area contributed by atoms with Crippen LogP contribution in [0.1, 0.15) is 12.8 Å². The fraction of sp³-hybridized carbons (Fsp3) is 0.667. The third kappa shape index (κ3) is 10.0. The van der Waals surface area contributed by atoms with Crippen molar-refractivity contribution in [3.05, 3.63) is 0 Å². The molecule has 58 valence electrons. The minimum absolute atomic E-state index is 0.185. The fourth-order valence-electron chi connectivity index (χ4n) is 0.348. The van der Waals surface area contributed by atoms with Gasteiger partial charge in [0.05, 0.1) is 7.11 Å². The van der Waals surface area contributed by atoms with Crippen LogP contribution in [0.25, 0.3) is 0 Å². The summed E-state index contributed by atoms with van der Waals surface area (Å²) in [5, 5.41) is 6.50. The van der Waals surface area contributed by atoms with Gasteiger partial charge in [0.1, 0.15) is 0 Å².